The lowest BCUT2D eigenvalue weighted by molar-refractivity contribution is 0.0984. The zero-order valence-electron chi connectivity index (χ0n) is 16.1. The van der Waals surface area contributed by atoms with E-state index in [2.05, 4.69) is 0 Å². The fraction of sp³-hybridized carbons (Fsp3) is 0. The molecule has 4 nitrogen and oxygen atoms in total. The average molecular weight is 390 g/mol. The van der Waals surface area contributed by atoms with Crippen molar-refractivity contribution in [1.29, 1.82) is 0 Å². The Morgan fingerprint density at radius 2 is 0.667 bits per heavy atom. The Kier molecular flexibility index (Phi) is 4.37. The fourth-order valence-electron chi connectivity index (χ4n) is 3.80. The van der Waals surface area contributed by atoms with Gasteiger partial charge in [-0.15, -0.1) is 0 Å². The molecule has 4 heteroatoms. The number of nitrogens with zero attached hydrogens (tertiary/aromatic N) is 2. The molecule has 0 spiro atoms. The van der Waals surface area contributed by atoms with Crippen molar-refractivity contribution in [2.24, 2.45) is 0 Å². The zero-order chi connectivity index (χ0) is 20.5. The predicted octanol–water partition coefficient (Wildman–Crippen LogP) is 5.96. The largest absolute Gasteiger partial charge is 0.273 e. The third-order valence-electron chi connectivity index (χ3n) is 5.17. The predicted molar refractivity (Wildman–Crippen MR) is 119 cm³/mol. The Morgan fingerprint density at radius 1 is 0.400 bits per heavy atom. The molecular formula is C26H18N2O2. The van der Waals surface area contributed by atoms with Gasteiger partial charge in [-0.2, -0.15) is 0 Å². The van der Waals surface area contributed by atoms with Crippen LogP contribution in [0.3, 0.4) is 0 Å². The highest BCUT2D eigenvalue weighted by Crippen LogP contribution is 2.48. The summed E-state index contributed by atoms with van der Waals surface area (Å²) >= 11 is 0. The zero-order valence-corrected chi connectivity index (χ0v) is 16.1. The summed E-state index contributed by atoms with van der Waals surface area (Å²) in [6.07, 6.45) is 0. The maximum Gasteiger partial charge on any atom is 0.262 e. The monoisotopic (exact) mass is 390 g/mol. The topological polar surface area (TPSA) is 40.6 Å². The molecule has 0 saturated carbocycles. The molecule has 0 aromatic heterocycles. The molecule has 30 heavy (non-hydrogen) atoms. The second kappa shape index (κ2) is 7.33. The molecule has 0 radical (unpaired) electrons. The van der Waals surface area contributed by atoms with E-state index in [9.17, 15) is 9.59 Å². The number of para-hydroxylation sites is 4. The van der Waals surface area contributed by atoms with Crippen LogP contribution in [0.4, 0.5) is 22.7 Å². The Morgan fingerprint density at radius 3 is 0.967 bits per heavy atom. The molecule has 0 saturated heterocycles. The van der Waals surface area contributed by atoms with Gasteiger partial charge in [0.15, 0.2) is 0 Å². The van der Waals surface area contributed by atoms with Crippen molar-refractivity contribution >= 4 is 34.6 Å². The number of hydrogen-bond acceptors (Lipinski definition) is 2. The van der Waals surface area contributed by atoms with Crippen molar-refractivity contribution in [3.05, 3.63) is 120 Å². The maximum atomic E-state index is 13.5. The SMILES string of the molecule is O=C(c1ccccc1)N1c2ccccc2N(C(=O)c2ccccc2)c2ccccc21. The highest BCUT2D eigenvalue weighted by atomic mass is 16.2. The lowest BCUT2D eigenvalue weighted by Gasteiger charge is -2.38. The number of amides is 2. The Bertz CT molecular complexity index is 1090. The van der Waals surface area contributed by atoms with E-state index in [1.807, 2.05) is 84.9 Å². The van der Waals surface area contributed by atoms with E-state index < -0.39 is 0 Å². The Hall–Kier alpha value is -4.18. The molecule has 4 aromatic carbocycles. The van der Waals surface area contributed by atoms with Crippen LogP contribution >= 0.6 is 0 Å². The van der Waals surface area contributed by atoms with Gasteiger partial charge in [0, 0.05) is 11.1 Å². The molecule has 0 bridgehead atoms. The van der Waals surface area contributed by atoms with Gasteiger partial charge in [-0.3, -0.25) is 19.4 Å². The van der Waals surface area contributed by atoms with Crippen LogP contribution in [0.25, 0.3) is 0 Å². The summed E-state index contributed by atoms with van der Waals surface area (Å²) in [5.74, 6) is -0.273. The summed E-state index contributed by atoms with van der Waals surface area (Å²) < 4.78 is 0. The summed E-state index contributed by atoms with van der Waals surface area (Å²) in [6, 6.07) is 33.4. The molecule has 0 unspecified atom stereocenters. The first-order valence-corrected chi connectivity index (χ1v) is 9.73. The first-order valence-electron chi connectivity index (χ1n) is 9.73. The van der Waals surface area contributed by atoms with Gasteiger partial charge in [-0.25, -0.2) is 0 Å². The second-order valence-corrected chi connectivity index (χ2v) is 6.99. The number of fused-ring (bicyclic) bond motifs is 2. The van der Waals surface area contributed by atoms with Crippen molar-refractivity contribution in [3.63, 3.8) is 0 Å². The summed E-state index contributed by atoms with van der Waals surface area (Å²) in [6.45, 7) is 0. The number of carbonyl (C=O) groups is 2. The highest BCUT2D eigenvalue weighted by molar-refractivity contribution is 6.22. The lowest BCUT2D eigenvalue weighted by atomic mass is 10.0. The maximum absolute atomic E-state index is 13.5. The molecule has 1 heterocycles. The molecule has 2 amide bonds. The molecule has 0 atom stereocenters. The van der Waals surface area contributed by atoms with Crippen LogP contribution in [0, 0.1) is 0 Å². The first kappa shape index (κ1) is 17.9. The molecule has 1 aliphatic rings. The minimum absolute atomic E-state index is 0.137. The molecule has 144 valence electrons. The average Bonchev–Trinajstić information content (AvgIpc) is 2.82. The standard InChI is InChI=1S/C26H18N2O2/c29-25(19-11-3-1-4-12-19)27-21-15-7-9-17-23(21)28(24-18-10-8-16-22(24)27)26(30)20-13-5-2-6-14-20/h1-18H. The molecule has 0 fully saturated rings. The van der Waals surface area contributed by atoms with Crippen molar-refractivity contribution in [2.75, 3.05) is 9.80 Å². The van der Waals surface area contributed by atoms with Crippen LogP contribution in [0.15, 0.2) is 109 Å². The van der Waals surface area contributed by atoms with Gasteiger partial charge in [0.2, 0.25) is 0 Å². The van der Waals surface area contributed by atoms with Crippen LogP contribution in [0.5, 0.6) is 0 Å². The summed E-state index contributed by atoms with van der Waals surface area (Å²) in [5.41, 5.74) is 3.88. The van der Waals surface area contributed by atoms with Gasteiger partial charge < -0.3 is 0 Å². The molecule has 0 N–H and O–H groups in total. The van der Waals surface area contributed by atoms with Crippen LogP contribution in [0.2, 0.25) is 0 Å². The van der Waals surface area contributed by atoms with E-state index >= 15 is 0 Å². The van der Waals surface area contributed by atoms with Crippen molar-refractivity contribution in [3.8, 4) is 0 Å². The number of carbonyl (C=O) groups excluding carboxylic acids is 2. The van der Waals surface area contributed by atoms with Gasteiger partial charge in [0.1, 0.15) is 0 Å². The lowest BCUT2D eigenvalue weighted by Crippen LogP contribution is -2.36. The number of rotatable bonds is 2. The van der Waals surface area contributed by atoms with E-state index in [1.54, 1.807) is 34.1 Å². The summed E-state index contributed by atoms with van der Waals surface area (Å²) in [7, 11) is 0. The van der Waals surface area contributed by atoms with Crippen molar-refractivity contribution in [1.82, 2.24) is 0 Å². The number of anilines is 4. The van der Waals surface area contributed by atoms with Crippen molar-refractivity contribution < 1.29 is 9.59 Å². The Balaban J connectivity index is 1.71. The smallest absolute Gasteiger partial charge is 0.262 e. The first-order chi connectivity index (χ1) is 14.8. The normalized spacial score (nSPS) is 12.1. The van der Waals surface area contributed by atoms with Crippen LogP contribution < -0.4 is 9.80 Å². The van der Waals surface area contributed by atoms with Gasteiger partial charge in [0.25, 0.3) is 11.8 Å². The molecule has 0 aliphatic carbocycles. The van der Waals surface area contributed by atoms with E-state index in [0.717, 1.165) is 0 Å². The Labute approximate surface area is 174 Å². The van der Waals surface area contributed by atoms with Gasteiger partial charge in [-0.1, -0.05) is 60.7 Å². The van der Waals surface area contributed by atoms with Crippen LogP contribution in [-0.2, 0) is 0 Å². The van der Waals surface area contributed by atoms with E-state index in [0.29, 0.717) is 33.9 Å². The minimum atomic E-state index is -0.137. The molecule has 5 rings (SSSR count). The van der Waals surface area contributed by atoms with Gasteiger partial charge in [-0.05, 0) is 48.5 Å². The van der Waals surface area contributed by atoms with Crippen LogP contribution in [-0.4, -0.2) is 11.8 Å². The fourth-order valence-corrected chi connectivity index (χ4v) is 3.80. The number of benzene rings is 4. The number of hydrogen-bond donors (Lipinski definition) is 0. The van der Waals surface area contributed by atoms with Gasteiger partial charge >= 0.3 is 0 Å². The summed E-state index contributed by atoms with van der Waals surface area (Å²) in [4.78, 5) is 30.4. The third-order valence-corrected chi connectivity index (χ3v) is 5.17. The molecule has 4 aromatic rings. The minimum Gasteiger partial charge on any atom is -0.273 e. The highest BCUT2D eigenvalue weighted by Gasteiger charge is 2.35. The molecule has 1 aliphatic heterocycles. The third kappa shape index (κ3) is 2.86. The van der Waals surface area contributed by atoms with Crippen LogP contribution in [0.1, 0.15) is 20.7 Å². The van der Waals surface area contributed by atoms with Crippen molar-refractivity contribution in [2.45, 2.75) is 0 Å². The van der Waals surface area contributed by atoms with E-state index in [1.165, 1.54) is 0 Å². The van der Waals surface area contributed by atoms with E-state index in [4.69, 9.17) is 0 Å². The van der Waals surface area contributed by atoms with Gasteiger partial charge in [0.05, 0.1) is 22.7 Å². The second-order valence-electron chi connectivity index (χ2n) is 6.99. The van der Waals surface area contributed by atoms with E-state index in [-0.39, 0.29) is 11.8 Å². The molecular weight excluding hydrogens is 372 g/mol. The summed E-state index contributed by atoms with van der Waals surface area (Å²) in [5, 5.41) is 0. The quantitative estimate of drug-likeness (QED) is 0.424.